The molecule has 1 atom stereocenters. The standard InChI is InChI=1S/C14H19NO4/c1-4-19-11-7-5-6-10(8-11)13(16)15-12(9(2)3)14(17)18/h5-9,12H,4H2,1-3H3,(H,15,16)(H,17,18)/t12-/m1/s1. The van der Waals surface area contributed by atoms with E-state index in [9.17, 15) is 9.59 Å². The number of carboxylic acids is 1. The van der Waals surface area contributed by atoms with Crippen LogP contribution in [-0.4, -0.2) is 29.6 Å². The van der Waals surface area contributed by atoms with Gasteiger partial charge in [-0.15, -0.1) is 0 Å². The molecule has 5 heteroatoms. The normalized spacial score (nSPS) is 12.0. The Balaban J connectivity index is 2.82. The van der Waals surface area contributed by atoms with E-state index in [4.69, 9.17) is 9.84 Å². The Morgan fingerprint density at radius 1 is 1.37 bits per heavy atom. The third-order valence-electron chi connectivity index (χ3n) is 2.63. The fourth-order valence-electron chi connectivity index (χ4n) is 1.63. The van der Waals surface area contributed by atoms with E-state index in [-0.39, 0.29) is 5.92 Å². The van der Waals surface area contributed by atoms with Crippen molar-refractivity contribution >= 4 is 11.9 Å². The monoisotopic (exact) mass is 265 g/mol. The summed E-state index contributed by atoms with van der Waals surface area (Å²) in [6, 6.07) is 5.76. The molecule has 0 radical (unpaired) electrons. The van der Waals surface area contributed by atoms with E-state index >= 15 is 0 Å². The number of carbonyl (C=O) groups is 2. The van der Waals surface area contributed by atoms with Crippen LogP contribution in [0, 0.1) is 5.92 Å². The van der Waals surface area contributed by atoms with Gasteiger partial charge in [-0.05, 0) is 31.0 Å². The largest absolute Gasteiger partial charge is 0.494 e. The predicted octanol–water partition coefficient (Wildman–Crippen LogP) is 1.92. The molecule has 0 saturated heterocycles. The highest BCUT2D eigenvalue weighted by Crippen LogP contribution is 2.14. The van der Waals surface area contributed by atoms with Crippen molar-refractivity contribution in [1.29, 1.82) is 0 Å². The predicted molar refractivity (Wildman–Crippen MR) is 71.3 cm³/mol. The number of rotatable bonds is 6. The summed E-state index contributed by atoms with van der Waals surface area (Å²) in [5.41, 5.74) is 0.387. The average molecular weight is 265 g/mol. The summed E-state index contributed by atoms with van der Waals surface area (Å²) in [7, 11) is 0. The number of ether oxygens (including phenoxy) is 1. The van der Waals surface area contributed by atoms with Gasteiger partial charge in [-0.2, -0.15) is 0 Å². The van der Waals surface area contributed by atoms with Gasteiger partial charge in [-0.1, -0.05) is 19.9 Å². The van der Waals surface area contributed by atoms with Gasteiger partial charge >= 0.3 is 5.97 Å². The van der Waals surface area contributed by atoms with Crippen molar-refractivity contribution in [2.45, 2.75) is 26.8 Å². The van der Waals surface area contributed by atoms with Crippen molar-refractivity contribution in [1.82, 2.24) is 5.32 Å². The second-order valence-electron chi connectivity index (χ2n) is 4.49. The van der Waals surface area contributed by atoms with Gasteiger partial charge in [-0.3, -0.25) is 4.79 Å². The molecule has 0 bridgehead atoms. The lowest BCUT2D eigenvalue weighted by molar-refractivity contribution is -0.140. The van der Waals surface area contributed by atoms with Gasteiger partial charge in [0.1, 0.15) is 11.8 Å². The van der Waals surface area contributed by atoms with Gasteiger partial charge in [0.2, 0.25) is 0 Å². The van der Waals surface area contributed by atoms with E-state index < -0.39 is 17.9 Å². The highest BCUT2D eigenvalue weighted by Gasteiger charge is 2.23. The van der Waals surface area contributed by atoms with E-state index in [0.717, 1.165) is 0 Å². The summed E-state index contributed by atoms with van der Waals surface area (Å²) in [6.45, 7) is 5.85. The Morgan fingerprint density at radius 3 is 2.58 bits per heavy atom. The zero-order valence-electron chi connectivity index (χ0n) is 11.3. The fraction of sp³-hybridized carbons (Fsp3) is 0.429. The minimum Gasteiger partial charge on any atom is -0.494 e. The first kappa shape index (κ1) is 15.0. The lowest BCUT2D eigenvalue weighted by Crippen LogP contribution is -2.44. The highest BCUT2D eigenvalue weighted by atomic mass is 16.5. The van der Waals surface area contributed by atoms with Gasteiger partial charge in [0, 0.05) is 5.56 Å². The zero-order valence-corrected chi connectivity index (χ0v) is 11.3. The van der Waals surface area contributed by atoms with Crippen LogP contribution in [0.3, 0.4) is 0 Å². The van der Waals surface area contributed by atoms with Crippen molar-refractivity contribution in [3.05, 3.63) is 29.8 Å². The molecule has 0 heterocycles. The number of carbonyl (C=O) groups excluding carboxylic acids is 1. The Morgan fingerprint density at radius 2 is 2.05 bits per heavy atom. The number of carboxylic acid groups (broad SMARTS) is 1. The third-order valence-corrected chi connectivity index (χ3v) is 2.63. The average Bonchev–Trinajstić information content (AvgIpc) is 2.35. The summed E-state index contributed by atoms with van der Waals surface area (Å²) < 4.78 is 5.30. The molecule has 19 heavy (non-hydrogen) atoms. The first-order valence-electron chi connectivity index (χ1n) is 6.22. The second-order valence-corrected chi connectivity index (χ2v) is 4.49. The van der Waals surface area contributed by atoms with E-state index in [1.807, 2.05) is 6.92 Å². The Kier molecular flexibility index (Phi) is 5.36. The molecule has 2 N–H and O–H groups in total. The summed E-state index contributed by atoms with van der Waals surface area (Å²) in [6.07, 6.45) is 0. The lowest BCUT2D eigenvalue weighted by atomic mass is 10.0. The van der Waals surface area contributed by atoms with Crippen molar-refractivity contribution in [3.63, 3.8) is 0 Å². The molecule has 0 aliphatic heterocycles. The minimum absolute atomic E-state index is 0.184. The summed E-state index contributed by atoms with van der Waals surface area (Å²) in [4.78, 5) is 23.0. The number of aliphatic carboxylic acids is 1. The van der Waals surface area contributed by atoms with Crippen molar-refractivity contribution in [2.75, 3.05) is 6.61 Å². The number of hydrogen-bond donors (Lipinski definition) is 2. The van der Waals surface area contributed by atoms with Crippen LogP contribution in [0.1, 0.15) is 31.1 Å². The smallest absolute Gasteiger partial charge is 0.326 e. The van der Waals surface area contributed by atoms with Crippen LogP contribution in [0.5, 0.6) is 5.75 Å². The van der Waals surface area contributed by atoms with Crippen LogP contribution in [0.2, 0.25) is 0 Å². The van der Waals surface area contributed by atoms with Crippen molar-refractivity contribution in [3.8, 4) is 5.75 Å². The zero-order chi connectivity index (χ0) is 14.4. The van der Waals surface area contributed by atoms with Crippen LogP contribution < -0.4 is 10.1 Å². The van der Waals surface area contributed by atoms with Crippen LogP contribution >= 0.6 is 0 Å². The molecule has 0 spiro atoms. The quantitative estimate of drug-likeness (QED) is 0.824. The van der Waals surface area contributed by atoms with E-state index in [2.05, 4.69) is 5.32 Å². The SMILES string of the molecule is CCOc1cccc(C(=O)N[C@@H](C(=O)O)C(C)C)c1. The molecule has 1 aromatic rings. The maximum atomic E-state index is 12.0. The molecule has 0 aliphatic carbocycles. The molecule has 0 saturated carbocycles. The molecular weight excluding hydrogens is 246 g/mol. The van der Waals surface area contributed by atoms with Gasteiger partial charge in [0.15, 0.2) is 0 Å². The van der Waals surface area contributed by atoms with Gasteiger partial charge in [0.05, 0.1) is 6.61 Å². The highest BCUT2D eigenvalue weighted by molar-refractivity contribution is 5.96. The molecule has 5 nitrogen and oxygen atoms in total. The molecular formula is C14H19NO4. The lowest BCUT2D eigenvalue weighted by Gasteiger charge is -2.18. The molecule has 0 aliphatic rings. The van der Waals surface area contributed by atoms with Crippen molar-refractivity contribution < 1.29 is 19.4 Å². The first-order chi connectivity index (χ1) is 8.95. The van der Waals surface area contributed by atoms with Crippen LogP contribution in [0.25, 0.3) is 0 Å². The van der Waals surface area contributed by atoms with Crippen LogP contribution in [0.15, 0.2) is 24.3 Å². The topological polar surface area (TPSA) is 75.6 Å². The second kappa shape index (κ2) is 6.78. The molecule has 1 amide bonds. The molecule has 0 aromatic heterocycles. The van der Waals surface area contributed by atoms with Gasteiger partial charge < -0.3 is 15.2 Å². The van der Waals surface area contributed by atoms with E-state index in [1.165, 1.54) is 0 Å². The van der Waals surface area contributed by atoms with Gasteiger partial charge in [-0.25, -0.2) is 4.79 Å². The Labute approximate surface area is 112 Å². The first-order valence-corrected chi connectivity index (χ1v) is 6.22. The van der Waals surface area contributed by atoms with Crippen molar-refractivity contribution in [2.24, 2.45) is 5.92 Å². The van der Waals surface area contributed by atoms with Crippen LogP contribution in [0.4, 0.5) is 0 Å². The number of nitrogens with one attached hydrogen (secondary N) is 1. The Bertz CT molecular complexity index is 457. The summed E-state index contributed by atoms with van der Waals surface area (Å²) in [5.74, 6) is -1.05. The molecule has 0 unspecified atom stereocenters. The van der Waals surface area contributed by atoms with Crippen LogP contribution in [-0.2, 0) is 4.79 Å². The number of hydrogen-bond acceptors (Lipinski definition) is 3. The number of amides is 1. The van der Waals surface area contributed by atoms with E-state index in [0.29, 0.717) is 17.9 Å². The van der Waals surface area contributed by atoms with E-state index in [1.54, 1.807) is 38.1 Å². The maximum Gasteiger partial charge on any atom is 0.326 e. The molecule has 1 rings (SSSR count). The minimum atomic E-state index is -1.04. The third kappa shape index (κ3) is 4.28. The molecule has 0 fully saturated rings. The fourth-order valence-corrected chi connectivity index (χ4v) is 1.63. The molecule has 1 aromatic carbocycles. The van der Waals surface area contributed by atoms with Gasteiger partial charge in [0.25, 0.3) is 5.91 Å². The maximum absolute atomic E-state index is 12.0. The Hall–Kier alpha value is -2.04. The summed E-state index contributed by atoms with van der Waals surface area (Å²) in [5, 5.41) is 11.5. The summed E-state index contributed by atoms with van der Waals surface area (Å²) >= 11 is 0. The number of benzene rings is 1. The molecule has 104 valence electrons.